The molecule has 1 amide bonds. The maximum absolute atomic E-state index is 12.6. The standard InChI is InChI=1S/C16H15NO3S/c1-10-12-5-3-2-4-11(12)8-9-17(10)15(18)13-6-7-14(21-13)16(19)20/h2-7,10H,8-9H2,1H3,(H,19,20). The third-order valence-electron chi connectivity index (χ3n) is 3.88. The number of carboxylic acids is 1. The Morgan fingerprint density at radius 3 is 2.62 bits per heavy atom. The number of benzene rings is 1. The molecule has 0 saturated heterocycles. The van der Waals surface area contributed by atoms with E-state index in [1.54, 1.807) is 6.07 Å². The van der Waals surface area contributed by atoms with E-state index in [0.29, 0.717) is 11.4 Å². The van der Waals surface area contributed by atoms with Crippen LogP contribution in [0.2, 0.25) is 0 Å². The van der Waals surface area contributed by atoms with Gasteiger partial charge in [0.2, 0.25) is 0 Å². The maximum Gasteiger partial charge on any atom is 0.345 e. The summed E-state index contributed by atoms with van der Waals surface area (Å²) in [5.41, 5.74) is 2.46. The first kappa shape index (κ1) is 13.8. The molecule has 5 heteroatoms. The number of carbonyl (C=O) groups is 2. The SMILES string of the molecule is CC1c2ccccc2CCN1C(=O)c1ccc(C(=O)O)s1. The number of nitrogens with zero attached hydrogens (tertiary/aromatic N) is 1. The first-order chi connectivity index (χ1) is 10.1. The van der Waals surface area contributed by atoms with E-state index in [1.165, 1.54) is 17.2 Å². The smallest absolute Gasteiger partial charge is 0.345 e. The van der Waals surface area contributed by atoms with Crippen molar-refractivity contribution in [3.05, 3.63) is 57.3 Å². The fraction of sp³-hybridized carbons (Fsp3) is 0.250. The lowest BCUT2D eigenvalue weighted by Crippen LogP contribution is -2.38. The molecule has 0 saturated carbocycles. The van der Waals surface area contributed by atoms with Crippen LogP contribution >= 0.6 is 11.3 Å². The summed E-state index contributed by atoms with van der Waals surface area (Å²) in [5, 5.41) is 8.96. The molecule has 1 aliphatic rings. The van der Waals surface area contributed by atoms with Crippen LogP contribution in [0.1, 0.15) is 43.4 Å². The van der Waals surface area contributed by atoms with Crippen LogP contribution in [0, 0.1) is 0 Å². The van der Waals surface area contributed by atoms with Crippen molar-refractivity contribution in [1.82, 2.24) is 4.90 Å². The third-order valence-corrected chi connectivity index (χ3v) is 4.94. The van der Waals surface area contributed by atoms with Crippen molar-refractivity contribution >= 4 is 23.2 Å². The zero-order valence-electron chi connectivity index (χ0n) is 11.6. The molecular weight excluding hydrogens is 286 g/mol. The largest absolute Gasteiger partial charge is 0.477 e. The Morgan fingerprint density at radius 1 is 1.19 bits per heavy atom. The van der Waals surface area contributed by atoms with Crippen molar-refractivity contribution in [1.29, 1.82) is 0 Å². The molecule has 0 bridgehead atoms. The molecule has 1 aromatic carbocycles. The molecule has 0 spiro atoms. The van der Waals surface area contributed by atoms with Crippen LogP contribution in [0.4, 0.5) is 0 Å². The number of amides is 1. The average molecular weight is 301 g/mol. The molecular formula is C16H15NO3S. The van der Waals surface area contributed by atoms with E-state index in [-0.39, 0.29) is 16.8 Å². The van der Waals surface area contributed by atoms with Crippen molar-refractivity contribution in [2.75, 3.05) is 6.54 Å². The molecule has 1 aromatic heterocycles. The minimum Gasteiger partial charge on any atom is -0.477 e. The zero-order chi connectivity index (χ0) is 15.0. The summed E-state index contributed by atoms with van der Waals surface area (Å²) in [6.07, 6.45) is 0.837. The second-order valence-corrected chi connectivity index (χ2v) is 6.18. The first-order valence-electron chi connectivity index (χ1n) is 6.80. The Kier molecular flexibility index (Phi) is 3.51. The fourth-order valence-corrected chi connectivity index (χ4v) is 3.56. The number of fused-ring (bicyclic) bond motifs is 1. The molecule has 2 heterocycles. The highest BCUT2D eigenvalue weighted by Crippen LogP contribution is 2.31. The molecule has 4 nitrogen and oxygen atoms in total. The Labute approximate surface area is 126 Å². The van der Waals surface area contributed by atoms with Crippen LogP contribution in [0.3, 0.4) is 0 Å². The minimum absolute atomic E-state index is 0.0119. The fourth-order valence-electron chi connectivity index (χ4n) is 2.76. The number of thiophene rings is 1. The molecule has 108 valence electrons. The second-order valence-electron chi connectivity index (χ2n) is 5.09. The average Bonchev–Trinajstić information content (AvgIpc) is 2.97. The van der Waals surface area contributed by atoms with Gasteiger partial charge in [0.1, 0.15) is 4.88 Å². The quantitative estimate of drug-likeness (QED) is 0.926. The second kappa shape index (κ2) is 5.33. The molecule has 1 unspecified atom stereocenters. The lowest BCUT2D eigenvalue weighted by atomic mass is 9.93. The number of carbonyl (C=O) groups excluding carboxylic acids is 1. The Bertz CT molecular complexity index is 707. The van der Waals surface area contributed by atoms with Crippen molar-refractivity contribution in [2.24, 2.45) is 0 Å². The Hall–Kier alpha value is -2.14. The number of hydrogen-bond donors (Lipinski definition) is 1. The van der Waals surface area contributed by atoms with Crippen LogP contribution < -0.4 is 0 Å². The molecule has 1 N–H and O–H groups in total. The lowest BCUT2D eigenvalue weighted by Gasteiger charge is -2.35. The van der Waals surface area contributed by atoms with Gasteiger partial charge in [-0.05, 0) is 36.6 Å². The van der Waals surface area contributed by atoms with E-state index in [2.05, 4.69) is 12.1 Å². The van der Waals surface area contributed by atoms with Gasteiger partial charge in [-0.3, -0.25) is 4.79 Å². The van der Waals surface area contributed by atoms with Gasteiger partial charge in [-0.25, -0.2) is 4.79 Å². The van der Waals surface area contributed by atoms with Crippen LogP contribution in [-0.4, -0.2) is 28.4 Å². The Morgan fingerprint density at radius 2 is 1.90 bits per heavy atom. The van der Waals surface area contributed by atoms with E-state index < -0.39 is 5.97 Å². The predicted molar refractivity (Wildman–Crippen MR) is 80.9 cm³/mol. The van der Waals surface area contributed by atoms with Crippen LogP contribution in [0.25, 0.3) is 0 Å². The summed E-state index contributed by atoms with van der Waals surface area (Å²) < 4.78 is 0. The molecule has 0 fully saturated rings. The molecule has 1 aliphatic heterocycles. The number of carboxylic acid groups (broad SMARTS) is 1. The number of rotatable bonds is 2. The van der Waals surface area contributed by atoms with E-state index in [4.69, 9.17) is 5.11 Å². The molecule has 21 heavy (non-hydrogen) atoms. The van der Waals surface area contributed by atoms with Gasteiger partial charge < -0.3 is 10.0 Å². The van der Waals surface area contributed by atoms with Crippen molar-refractivity contribution in [2.45, 2.75) is 19.4 Å². The molecule has 1 atom stereocenters. The minimum atomic E-state index is -0.990. The van der Waals surface area contributed by atoms with Gasteiger partial charge in [0.25, 0.3) is 5.91 Å². The normalized spacial score (nSPS) is 17.4. The Balaban J connectivity index is 1.87. The molecule has 3 rings (SSSR count). The van der Waals surface area contributed by atoms with Crippen molar-refractivity contribution < 1.29 is 14.7 Å². The first-order valence-corrected chi connectivity index (χ1v) is 7.61. The number of hydrogen-bond acceptors (Lipinski definition) is 3. The van der Waals surface area contributed by atoms with E-state index in [0.717, 1.165) is 17.8 Å². The lowest BCUT2D eigenvalue weighted by molar-refractivity contribution is 0.0680. The summed E-state index contributed by atoms with van der Waals surface area (Å²) in [4.78, 5) is 26.0. The zero-order valence-corrected chi connectivity index (χ0v) is 12.4. The summed E-state index contributed by atoms with van der Waals surface area (Å²) in [6.45, 7) is 2.68. The van der Waals surface area contributed by atoms with Gasteiger partial charge >= 0.3 is 5.97 Å². The maximum atomic E-state index is 12.6. The molecule has 0 aliphatic carbocycles. The highest BCUT2D eigenvalue weighted by Gasteiger charge is 2.29. The van der Waals surface area contributed by atoms with Crippen molar-refractivity contribution in [3.63, 3.8) is 0 Å². The van der Waals surface area contributed by atoms with Crippen LogP contribution in [-0.2, 0) is 6.42 Å². The van der Waals surface area contributed by atoms with E-state index in [1.807, 2.05) is 24.0 Å². The van der Waals surface area contributed by atoms with Gasteiger partial charge in [0.15, 0.2) is 0 Å². The van der Waals surface area contributed by atoms with Gasteiger partial charge in [0.05, 0.1) is 10.9 Å². The summed E-state index contributed by atoms with van der Waals surface area (Å²) in [6, 6.07) is 11.3. The van der Waals surface area contributed by atoms with Crippen LogP contribution in [0.15, 0.2) is 36.4 Å². The summed E-state index contributed by atoms with van der Waals surface area (Å²) in [7, 11) is 0. The summed E-state index contributed by atoms with van der Waals surface area (Å²) in [5.74, 6) is -1.08. The topological polar surface area (TPSA) is 57.6 Å². The van der Waals surface area contributed by atoms with Gasteiger partial charge in [-0.1, -0.05) is 24.3 Å². The van der Waals surface area contributed by atoms with Crippen molar-refractivity contribution in [3.8, 4) is 0 Å². The van der Waals surface area contributed by atoms with E-state index >= 15 is 0 Å². The predicted octanol–water partition coefficient (Wildman–Crippen LogP) is 3.21. The monoisotopic (exact) mass is 301 g/mol. The van der Waals surface area contributed by atoms with Crippen LogP contribution in [0.5, 0.6) is 0 Å². The third kappa shape index (κ3) is 2.45. The molecule has 0 radical (unpaired) electrons. The van der Waals surface area contributed by atoms with Gasteiger partial charge in [0, 0.05) is 6.54 Å². The van der Waals surface area contributed by atoms with Gasteiger partial charge in [-0.15, -0.1) is 11.3 Å². The number of aromatic carboxylic acids is 1. The van der Waals surface area contributed by atoms with E-state index in [9.17, 15) is 9.59 Å². The highest BCUT2D eigenvalue weighted by atomic mass is 32.1. The highest BCUT2D eigenvalue weighted by molar-refractivity contribution is 7.15. The van der Waals surface area contributed by atoms with Gasteiger partial charge in [-0.2, -0.15) is 0 Å². The molecule has 2 aromatic rings. The summed E-state index contributed by atoms with van der Waals surface area (Å²) >= 11 is 1.04.